The zero-order valence-electron chi connectivity index (χ0n) is 11.8. The number of halogens is 1. The van der Waals surface area contributed by atoms with E-state index in [9.17, 15) is 0 Å². The molecular formula is C14H24BrN3. The molecule has 3 atom stereocenters. The van der Waals surface area contributed by atoms with Crippen LogP contribution in [0, 0.1) is 18.8 Å². The largest absolute Gasteiger partial charge is 0.314 e. The average molecular weight is 314 g/mol. The highest BCUT2D eigenvalue weighted by atomic mass is 79.9. The summed E-state index contributed by atoms with van der Waals surface area (Å²) in [5.41, 5.74) is 2.45. The molecule has 1 saturated carbocycles. The van der Waals surface area contributed by atoms with Gasteiger partial charge in [-0.3, -0.25) is 4.68 Å². The Balaban J connectivity index is 2.15. The number of aryl methyl sites for hydroxylation is 2. The molecule has 1 aliphatic carbocycles. The van der Waals surface area contributed by atoms with E-state index in [0.29, 0.717) is 6.04 Å². The monoisotopic (exact) mass is 313 g/mol. The van der Waals surface area contributed by atoms with E-state index in [2.05, 4.69) is 58.7 Å². The molecule has 0 amide bonds. The molecule has 1 aromatic rings. The fourth-order valence-corrected chi connectivity index (χ4v) is 3.27. The zero-order chi connectivity index (χ0) is 13.3. The Labute approximate surface area is 118 Å². The molecule has 3 unspecified atom stereocenters. The second-order valence-corrected chi connectivity index (χ2v) is 6.20. The second kappa shape index (κ2) is 5.74. The first-order valence-corrected chi connectivity index (χ1v) is 7.82. The SMILES string of the molecule is CCNC(Cc1c(Br)c(C)nn1CC)C1CC1C. The molecule has 1 N–H and O–H groups in total. The lowest BCUT2D eigenvalue weighted by Gasteiger charge is -2.18. The van der Waals surface area contributed by atoms with Gasteiger partial charge in [0.05, 0.1) is 15.9 Å². The van der Waals surface area contributed by atoms with Gasteiger partial charge in [0.15, 0.2) is 0 Å². The first kappa shape index (κ1) is 14.1. The van der Waals surface area contributed by atoms with Crippen LogP contribution in [0.3, 0.4) is 0 Å². The fraction of sp³-hybridized carbons (Fsp3) is 0.786. The van der Waals surface area contributed by atoms with Crippen LogP contribution in [-0.4, -0.2) is 22.4 Å². The molecule has 0 bridgehead atoms. The van der Waals surface area contributed by atoms with Crippen LogP contribution < -0.4 is 5.32 Å². The van der Waals surface area contributed by atoms with E-state index in [1.54, 1.807) is 0 Å². The van der Waals surface area contributed by atoms with E-state index in [-0.39, 0.29) is 0 Å². The number of aromatic nitrogens is 2. The van der Waals surface area contributed by atoms with Crippen molar-refractivity contribution < 1.29 is 0 Å². The topological polar surface area (TPSA) is 29.9 Å². The Morgan fingerprint density at radius 3 is 2.67 bits per heavy atom. The normalized spacial score (nSPS) is 24.3. The number of rotatable bonds is 6. The molecule has 0 spiro atoms. The Hall–Kier alpha value is -0.350. The summed E-state index contributed by atoms with van der Waals surface area (Å²) in [6.07, 6.45) is 2.45. The van der Waals surface area contributed by atoms with Gasteiger partial charge in [0.1, 0.15) is 0 Å². The lowest BCUT2D eigenvalue weighted by Crippen LogP contribution is -2.34. The van der Waals surface area contributed by atoms with Crippen LogP contribution in [0.5, 0.6) is 0 Å². The third-order valence-electron chi connectivity index (χ3n) is 4.02. The molecule has 1 heterocycles. The quantitative estimate of drug-likeness (QED) is 0.874. The van der Waals surface area contributed by atoms with Crippen molar-refractivity contribution in [1.29, 1.82) is 0 Å². The minimum Gasteiger partial charge on any atom is -0.314 e. The number of nitrogens with zero attached hydrogens (tertiary/aromatic N) is 2. The van der Waals surface area contributed by atoms with Crippen LogP contribution in [0.15, 0.2) is 4.47 Å². The van der Waals surface area contributed by atoms with Crippen molar-refractivity contribution in [2.45, 2.75) is 53.1 Å². The molecule has 102 valence electrons. The first-order valence-electron chi connectivity index (χ1n) is 7.03. The summed E-state index contributed by atoms with van der Waals surface area (Å²) in [5.74, 6) is 1.73. The maximum Gasteiger partial charge on any atom is 0.0738 e. The van der Waals surface area contributed by atoms with E-state index in [4.69, 9.17) is 0 Å². The molecule has 0 saturated heterocycles. The summed E-state index contributed by atoms with van der Waals surface area (Å²) in [6.45, 7) is 10.8. The smallest absolute Gasteiger partial charge is 0.0738 e. The van der Waals surface area contributed by atoms with Gasteiger partial charge in [-0.25, -0.2) is 0 Å². The highest BCUT2D eigenvalue weighted by Crippen LogP contribution is 2.42. The summed E-state index contributed by atoms with van der Waals surface area (Å²) < 4.78 is 3.33. The van der Waals surface area contributed by atoms with Crippen LogP contribution >= 0.6 is 15.9 Å². The van der Waals surface area contributed by atoms with Gasteiger partial charge >= 0.3 is 0 Å². The Bertz CT molecular complexity index is 413. The van der Waals surface area contributed by atoms with Gasteiger partial charge in [-0.1, -0.05) is 13.8 Å². The minimum absolute atomic E-state index is 0.600. The van der Waals surface area contributed by atoms with Gasteiger partial charge in [-0.2, -0.15) is 5.10 Å². The third-order valence-corrected chi connectivity index (χ3v) is 5.05. The van der Waals surface area contributed by atoms with Gasteiger partial charge < -0.3 is 5.32 Å². The molecular weight excluding hydrogens is 290 g/mol. The van der Waals surface area contributed by atoms with Gasteiger partial charge in [0.2, 0.25) is 0 Å². The van der Waals surface area contributed by atoms with Crippen LogP contribution in [0.1, 0.15) is 38.6 Å². The Morgan fingerprint density at radius 2 is 2.17 bits per heavy atom. The minimum atomic E-state index is 0.600. The molecule has 1 fully saturated rings. The van der Waals surface area contributed by atoms with Crippen molar-refractivity contribution in [3.8, 4) is 0 Å². The average Bonchev–Trinajstić information content (AvgIpc) is 3.01. The third kappa shape index (κ3) is 2.80. The standard InChI is InChI=1S/C14H24BrN3/c1-5-16-12(11-7-9(11)3)8-13-14(15)10(4)17-18(13)6-2/h9,11-12,16H,5-8H2,1-4H3. The highest BCUT2D eigenvalue weighted by molar-refractivity contribution is 9.10. The van der Waals surface area contributed by atoms with Gasteiger partial charge in [0, 0.05) is 19.0 Å². The van der Waals surface area contributed by atoms with Crippen molar-refractivity contribution in [2.24, 2.45) is 11.8 Å². The second-order valence-electron chi connectivity index (χ2n) is 5.41. The number of hydrogen-bond donors (Lipinski definition) is 1. The van der Waals surface area contributed by atoms with Gasteiger partial charge in [0.25, 0.3) is 0 Å². The molecule has 4 heteroatoms. The molecule has 0 aromatic carbocycles. The lowest BCUT2D eigenvalue weighted by atomic mass is 10.0. The maximum absolute atomic E-state index is 4.58. The first-order chi connectivity index (χ1) is 8.58. The Kier molecular flexibility index (Phi) is 4.49. The zero-order valence-corrected chi connectivity index (χ0v) is 13.4. The number of hydrogen-bond acceptors (Lipinski definition) is 2. The van der Waals surface area contributed by atoms with Crippen molar-refractivity contribution in [1.82, 2.24) is 15.1 Å². The molecule has 2 rings (SSSR count). The lowest BCUT2D eigenvalue weighted by molar-refractivity contribution is 0.439. The molecule has 3 nitrogen and oxygen atoms in total. The molecule has 0 radical (unpaired) electrons. The molecule has 18 heavy (non-hydrogen) atoms. The van der Waals surface area contributed by atoms with E-state index in [1.807, 2.05) is 0 Å². The van der Waals surface area contributed by atoms with E-state index < -0.39 is 0 Å². The van der Waals surface area contributed by atoms with Crippen LogP contribution in [0.25, 0.3) is 0 Å². The van der Waals surface area contributed by atoms with Crippen molar-refractivity contribution in [2.75, 3.05) is 6.54 Å². The van der Waals surface area contributed by atoms with Crippen LogP contribution in [-0.2, 0) is 13.0 Å². The fourth-order valence-electron chi connectivity index (χ4n) is 2.82. The molecule has 1 aliphatic rings. The van der Waals surface area contributed by atoms with Gasteiger partial charge in [-0.05, 0) is 54.6 Å². The maximum atomic E-state index is 4.58. The summed E-state index contributed by atoms with van der Waals surface area (Å²) in [5, 5.41) is 8.23. The van der Waals surface area contributed by atoms with Crippen LogP contribution in [0.4, 0.5) is 0 Å². The summed E-state index contributed by atoms with van der Waals surface area (Å²) in [4.78, 5) is 0. The van der Waals surface area contributed by atoms with E-state index in [0.717, 1.165) is 37.0 Å². The summed E-state index contributed by atoms with van der Waals surface area (Å²) in [7, 11) is 0. The number of likely N-dealkylation sites (N-methyl/N-ethyl adjacent to an activating group) is 1. The summed E-state index contributed by atoms with van der Waals surface area (Å²) in [6, 6.07) is 0.600. The number of nitrogens with one attached hydrogen (secondary N) is 1. The molecule has 0 aliphatic heterocycles. The van der Waals surface area contributed by atoms with E-state index in [1.165, 1.54) is 16.6 Å². The Morgan fingerprint density at radius 1 is 1.50 bits per heavy atom. The predicted octanol–water partition coefficient (Wildman–Crippen LogP) is 3.15. The van der Waals surface area contributed by atoms with Crippen LogP contribution in [0.2, 0.25) is 0 Å². The predicted molar refractivity (Wildman–Crippen MR) is 78.8 cm³/mol. The van der Waals surface area contributed by atoms with Gasteiger partial charge in [-0.15, -0.1) is 0 Å². The molecule has 1 aromatic heterocycles. The van der Waals surface area contributed by atoms with Crippen molar-refractivity contribution >= 4 is 15.9 Å². The van der Waals surface area contributed by atoms with Crippen molar-refractivity contribution in [3.05, 3.63) is 15.9 Å². The van der Waals surface area contributed by atoms with E-state index >= 15 is 0 Å². The highest BCUT2D eigenvalue weighted by Gasteiger charge is 2.39. The van der Waals surface area contributed by atoms with Crippen molar-refractivity contribution in [3.63, 3.8) is 0 Å². The summed E-state index contributed by atoms with van der Waals surface area (Å²) >= 11 is 3.69.